The Balaban J connectivity index is 1.20. The fourth-order valence-electron chi connectivity index (χ4n) is 3.90. The van der Waals surface area contributed by atoms with Crippen LogP contribution in [0.15, 0.2) is 65.3 Å². The monoisotopic (exact) mass is 362 g/mol. The number of furan rings is 1. The highest BCUT2D eigenvalue weighted by atomic mass is 16.3. The first-order valence-electron chi connectivity index (χ1n) is 9.82. The first-order valence-corrected chi connectivity index (χ1v) is 9.82. The number of anilines is 1. The van der Waals surface area contributed by atoms with E-state index in [2.05, 4.69) is 34.9 Å². The summed E-state index contributed by atoms with van der Waals surface area (Å²) in [5.41, 5.74) is 2.71. The predicted octanol–water partition coefficient (Wildman–Crippen LogP) is 5.08. The summed E-state index contributed by atoms with van der Waals surface area (Å²) in [4.78, 5) is 12.4. The van der Waals surface area contributed by atoms with Crippen molar-refractivity contribution in [2.75, 3.05) is 18.4 Å². The van der Waals surface area contributed by atoms with Crippen LogP contribution in [0, 0.1) is 11.8 Å². The van der Waals surface area contributed by atoms with E-state index in [1.54, 1.807) is 6.26 Å². The summed E-state index contributed by atoms with van der Waals surface area (Å²) in [6.45, 7) is 1.80. The maximum absolute atomic E-state index is 12.4. The second-order valence-corrected chi connectivity index (χ2v) is 7.52. The van der Waals surface area contributed by atoms with Crippen LogP contribution in [0.2, 0.25) is 0 Å². The molecule has 2 N–H and O–H groups in total. The van der Waals surface area contributed by atoms with E-state index in [0.717, 1.165) is 30.0 Å². The predicted molar refractivity (Wildman–Crippen MR) is 109 cm³/mol. The number of hydrogen-bond donors (Lipinski definition) is 2. The van der Waals surface area contributed by atoms with Gasteiger partial charge in [0, 0.05) is 29.7 Å². The molecular weight excluding hydrogens is 336 g/mol. The van der Waals surface area contributed by atoms with Crippen LogP contribution < -0.4 is 10.6 Å². The topological polar surface area (TPSA) is 54.3 Å². The smallest absolute Gasteiger partial charge is 0.251 e. The van der Waals surface area contributed by atoms with Crippen molar-refractivity contribution in [2.45, 2.75) is 25.7 Å². The Morgan fingerprint density at radius 2 is 1.67 bits per heavy atom. The lowest BCUT2D eigenvalue weighted by Crippen LogP contribution is -2.32. The van der Waals surface area contributed by atoms with Gasteiger partial charge in [-0.25, -0.2) is 0 Å². The summed E-state index contributed by atoms with van der Waals surface area (Å²) in [7, 11) is 0. The summed E-state index contributed by atoms with van der Waals surface area (Å²) in [5.74, 6) is 1.31. The second-order valence-electron chi connectivity index (χ2n) is 7.52. The molecule has 140 valence electrons. The van der Waals surface area contributed by atoms with Crippen LogP contribution >= 0.6 is 0 Å². The molecule has 1 aromatic heterocycles. The van der Waals surface area contributed by atoms with E-state index in [-0.39, 0.29) is 5.91 Å². The van der Waals surface area contributed by atoms with Gasteiger partial charge in [0.15, 0.2) is 0 Å². The lowest BCUT2D eigenvalue weighted by molar-refractivity contribution is 0.0942. The fourth-order valence-corrected chi connectivity index (χ4v) is 3.90. The van der Waals surface area contributed by atoms with Gasteiger partial charge in [0.1, 0.15) is 5.58 Å². The number of rotatable bonds is 6. The minimum Gasteiger partial charge on any atom is -0.464 e. The summed E-state index contributed by atoms with van der Waals surface area (Å²) < 4.78 is 5.33. The molecular formula is C23H26N2O2. The Bertz CT molecular complexity index is 880. The number of amides is 1. The molecule has 0 unspecified atom stereocenters. The van der Waals surface area contributed by atoms with Crippen molar-refractivity contribution >= 4 is 22.6 Å². The van der Waals surface area contributed by atoms with Gasteiger partial charge in [-0.3, -0.25) is 4.79 Å². The van der Waals surface area contributed by atoms with Crippen molar-refractivity contribution in [3.05, 3.63) is 66.4 Å². The van der Waals surface area contributed by atoms with E-state index in [9.17, 15) is 4.79 Å². The molecule has 1 amide bonds. The van der Waals surface area contributed by atoms with Gasteiger partial charge in [-0.15, -0.1) is 0 Å². The van der Waals surface area contributed by atoms with E-state index in [0.29, 0.717) is 11.5 Å². The van der Waals surface area contributed by atoms with Crippen LogP contribution in [0.3, 0.4) is 0 Å². The van der Waals surface area contributed by atoms with Crippen LogP contribution in [0.1, 0.15) is 36.0 Å². The zero-order valence-corrected chi connectivity index (χ0v) is 15.5. The summed E-state index contributed by atoms with van der Waals surface area (Å²) >= 11 is 0. The molecule has 3 aromatic rings. The summed E-state index contributed by atoms with van der Waals surface area (Å²) in [6, 6.07) is 17.8. The Morgan fingerprint density at radius 1 is 0.926 bits per heavy atom. The highest BCUT2D eigenvalue weighted by Crippen LogP contribution is 2.28. The van der Waals surface area contributed by atoms with Crippen molar-refractivity contribution in [3.63, 3.8) is 0 Å². The lowest BCUT2D eigenvalue weighted by Gasteiger charge is -2.29. The highest BCUT2D eigenvalue weighted by molar-refractivity contribution is 5.97. The number of nitrogens with one attached hydrogen (secondary N) is 2. The number of carbonyl (C=O) groups is 1. The minimum atomic E-state index is 0.00553. The van der Waals surface area contributed by atoms with Crippen LogP contribution in [0.4, 0.5) is 5.69 Å². The van der Waals surface area contributed by atoms with Crippen molar-refractivity contribution in [1.82, 2.24) is 5.32 Å². The number of hydrogen-bond acceptors (Lipinski definition) is 3. The van der Waals surface area contributed by atoms with Crippen LogP contribution in [-0.4, -0.2) is 19.0 Å². The van der Waals surface area contributed by atoms with Crippen molar-refractivity contribution in [3.8, 4) is 0 Å². The molecule has 1 aliphatic carbocycles. The van der Waals surface area contributed by atoms with Crippen LogP contribution in [-0.2, 0) is 0 Å². The maximum atomic E-state index is 12.4. The van der Waals surface area contributed by atoms with Gasteiger partial charge in [0.25, 0.3) is 5.91 Å². The average Bonchev–Trinajstić information content (AvgIpc) is 3.20. The third kappa shape index (κ3) is 4.51. The van der Waals surface area contributed by atoms with E-state index in [1.807, 2.05) is 30.3 Å². The van der Waals surface area contributed by atoms with Crippen molar-refractivity contribution < 1.29 is 9.21 Å². The zero-order valence-electron chi connectivity index (χ0n) is 15.5. The normalized spacial score (nSPS) is 19.7. The lowest BCUT2D eigenvalue weighted by atomic mass is 9.82. The Morgan fingerprint density at radius 3 is 2.44 bits per heavy atom. The molecule has 0 aliphatic heterocycles. The largest absolute Gasteiger partial charge is 0.464 e. The first kappa shape index (κ1) is 17.7. The zero-order chi connectivity index (χ0) is 18.5. The van der Waals surface area contributed by atoms with E-state index in [4.69, 9.17) is 4.42 Å². The fraction of sp³-hybridized carbons (Fsp3) is 0.348. The molecule has 1 saturated carbocycles. The maximum Gasteiger partial charge on any atom is 0.251 e. The molecule has 1 fully saturated rings. The Kier molecular flexibility index (Phi) is 5.42. The molecule has 4 heteroatoms. The number of benzene rings is 2. The summed E-state index contributed by atoms with van der Waals surface area (Å²) in [6.07, 6.45) is 6.46. The Labute approximate surface area is 160 Å². The van der Waals surface area contributed by atoms with Crippen LogP contribution in [0.25, 0.3) is 11.0 Å². The SMILES string of the molecule is O=C(NCC1CCC(CNc2ccccc2)CC1)c1ccc2occc2c1. The van der Waals surface area contributed by atoms with E-state index in [1.165, 1.54) is 31.4 Å². The van der Waals surface area contributed by atoms with E-state index >= 15 is 0 Å². The van der Waals surface area contributed by atoms with Gasteiger partial charge in [-0.1, -0.05) is 18.2 Å². The van der Waals surface area contributed by atoms with Gasteiger partial charge >= 0.3 is 0 Å². The van der Waals surface area contributed by atoms with Crippen molar-refractivity contribution in [2.24, 2.45) is 11.8 Å². The highest BCUT2D eigenvalue weighted by Gasteiger charge is 2.21. The van der Waals surface area contributed by atoms with Gasteiger partial charge in [0.2, 0.25) is 0 Å². The number of carbonyl (C=O) groups excluding carboxylic acids is 1. The van der Waals surface area contributed by atoms with E-state index < -0.39 is 0 Å². The van der Waals surface area contributed by atoms with Crippen LogP contribution in [0.5, 0.6) is 0 Å². The number of fused-ring (bicyclic) bond motifs is 1. The third-order valence-corrected chi connectivity index (χ3v) is 5.60. The number of para-hydroxylation sites is 1. The molecule has 0 atom stereocenters. The van der Waals surface area contributed by atoms with Gasteiger partial charge < -0.3 is 15.1 Å². The van der Waals surface area contributed by atoms with Gasteiger partial charge in [-0.2, -0.15) is 0 Å². The molecule has 1 aliphatic rings. The molecule has 27 heavy (non-hydrogen) atoms. The molecule has 4 nitrogen and oxygen atoms in total. The standard InChI is InChI=1S/C23H26N2O2/c26-23(20-10-11-22-19(14-20)12-13-27-22)25-16-18-8-6-17(7-9-18)15-24-21-4-2-1-3-5-21/h1-5,10-14,17-18,24H,6-9,15-16H2,(H,25,26). The first-order chi connectivity index (χ1) is 13.3. The molecule has 0 spiro atoms. The van der Waals surface area contributed by atoms with Gasteiger partial charge in [0.05, 0.1) is 6.26 Å². The molecule has 2 aromatic carbocycles. The minimum absolute atomic E-state index is 0.00553. The molecule has 0 bridgehead atoms. The Hall–Kier alpha value is -2.75. The molecule has 0 saturated heterocycles. The average molecular weight is 362 g/mol. The molecule has 1 heterocycles. The summed E-state index contributed by atoms with van der Waals surface area (Å²) in [5, 5.41) is 7.62. The quantitative estimate of drug-likeness (QED) is 0.643. The third-order valence-electron chi connectivity index (χ3n) is 5.60. The second kappa shape index (κ2) is 8.30. The molecule has 4 rings (SSSR count). The van der Waals surface area contributed by atoms with Crippen molar-refractivity contribution in [1.29, 1.82) is 0 Å². The van der Waals surface area contributed by atoms with Gasteiger partial charge in [-0.05, 0) is 73.9 Å². The molecule has 0 radical (unpaired) electrons.